The maximum absolute atomic E-state index is 13.9. The minimum atomic E-state index is -0.0172. The lowest BCUT2D eigenvalue weighted by Gasteiger charge is -2.21. The molecule has 0 aliphatic heterocycles. The van der Waals surface area contributed by atoms with Gasteiger partial charge in [-0.3, -0.25) is 9.59 Å². The van der Waals surface area contributed by atoms with E-state index < -0.39 is 0 Å². The summed E-state index contributed by atoms with van der Waals surface area (Å²) in [7, 11) is 0. The third-order valence-electron chi connectivity index (χ3n) is 7.57. The van der Waals surface area contributed by atoms with E-state index in [1.807, 2.05) is 54.6 Å². The number of benzene rings is 8. The second-order valence-corrected chi connectivity index (χ2v) is 12.5. The first kappa shape index (κ1) is 21.7. The molecule has 0 aliphatic rings. The zero-order valence-electron chi connectivity index (χ0n) is 18.1. The van der Waals surface area contributed by atoms with Gasteiger partial charge in [0, 0.05) is 61.0 Å². The summed E-state index contributed by atoms with van der Waals surface area (Å²) in [5.74, 6) is 0. The molecule has 6 heteroatoms. The molecular weight excluding hydrogens is 712 g/mol. The van der Waals surface area contributed by atoms with E-state index in [2.05, 4.69) is 69.8 Å². The zero-order chi connectivity index (χ0) is 24.6. The monoisotopic (exact) mass is 718 g/mol. The summed E-state index contributed by atoms with van der Waals surface area (Å²) < 4.78 is 3.36. The first-order valence-corrected chi connectivity index (χ1v) is 14.4. The minimum Gasteiger partial charge on any atom is -0.289 e. The number of rotatable bonds is 0. The van der Waals surface area contributed by atoms with Crippen molar-refractivity contribution in [1.82, 2.24) is 0 Å². The standard InChI is InChI=1S/C30H10Br4O2/c31-18-10-19(32)28(34)26-24(18)30(36)16-6-5-11-9-17-12-3-1-2-4-13(12)29(35)15-8-7-14-22(21(15)17)20(11)23(16)25(26)27(14)33/h1-10H. The highest BCUT2D eigenvalue weighted by molar-refractivity contribution is 9.13. The lowest BCUT2D eigenvalue weighted by molar-refractivity contribution is 1.62. The number of fused-ring (bicyclic) bond motifs is 4. The molecule has 0 amide bonds. The van der Waals surface area contributed by atoms with Crippen LogP contribution in [0.15, 0.2) is 88.1 Å². The van der Waals surface area contributed by atoms with Gasteiger partial charge in [-0.05, 0) is 120 Å². The second-order valence-electron chi connectivity index (χ2n) is 9.22. The summed E-state index contributed by atoms with van der Waals surface area (Å²) in [5.41, 5.74) is 0.0214. The highest BCUT2D eigenvalue weighted by Crippen LogP contribution is 2.50. The maximum atomic E-state index is 13.9. The average molecular weight is 722 g/mol. The molecule has 0 aromatic heterocycles. The lowest BCUT2D eigenvalue weighted by Crippen LogP contribution is -2.07. The summed E-state index contributed by atoms with van der Waals surface area (Å²) in [6, 6.07) is 19.9. The van der Waals surface area contributed by atoms with Gasteiger partial charge in [-0.25, -0.2) is 0 Å². The second kappa shape index (κ2) is 7.13. The Morgan fingerprint density at radius 3 is 1.86 bits per heavy atom. The Bertz CT molecular complexity index is 2400. The fourth-order valence-electron chi connectivity index (χ4n) is 6.14. The number of halogens is 4. The molecule has 8 rings (SSSR count). The van der Waals surface area contributed by atoms with Gasteiger partial charge < -0.3 is 0 Å². The molecular formula is C30H10Br4O2. The predicted molar refractivity (Wildman–Crippen MR) is 166 cm³/mol. The van der Waals surface area contributed by atoms with Crippen molar-refractivity contribution in [3.8, 4) is 0 Å². The van der Waals surface area contributed by atoms with Crippen LogP contribution < -0.4 is 10.9 Å². The molecule has 0 radical (unpaired) electrons. The van der Waals surface area contributed by atoms with Gasteiger partial charge in [0.25, 0.3) is 0 Å². The van der Waals surface area contributed by atoms with E-state index >= 15 is 0 Å². The molecule has 0 saturated carbocycles. The van der Waals surface area contributed by atoms with E-state index in [9.17, 15) is 9.59 Å². The van der Waals surface area contributed by atoms with Crippen LogP contribution in [0.3, 0.4) is 0 Å². The lowest BCUT2D eigenvalue weighted by atomic mass is 9.84. The molecule has 8 aromatic carbocycles. The molecule has 0 unspecified atom stereocenters. The van der Waals surface area contributed by atoms with Gasteiger partial charge in [0.05, 0.1) is 0 Å². The van der Waals surface area contributed by atoms with Crippen molar-refractivity contribution >= 4 is 139 Å². The van der Waals surface area contributed by atoms with Crippen LogP contribution in [-0.4, -0.2) is 0 Å². The van der Waals surface area contributed by atoms with Crippen molar-refractivity contribution in [2.24, 2.45) is 0 Å². The Labute approximate surface area is 236 Å². The molecule has 0 bridgehead atoms. The van der Waals surface area contributed by atoms with Crippen molar-refractivity contribution in [1.29, 1.82) is 0 Å². The highest BCUT2D eigenvalue weighted by atomic mass is 79.9. The molecule has 0 N–H and O–H groups in total. The average Bonchev–Trinajstić information content (AvgIpc) is 2.88. The molecule has 170 valence electrons. The van der Waals surface area contributed by atoms with Crippen molar-refractivity contribution in [3.63, 3.8) is 0 Å². The van der Waals surface area contributed by atoms with Crippen molar-refractivity contribution < 1.29 is 0 Å². The van der Waals surface area contributed by atoms with Crippen LogP contribution in [0.5, 0.6) is 0 Å². The van der Waals surface area contributed by atoms with Crippen LogP contribution in [0.25, 0.3) is 75.4 Å². The maximum Gasteiger partial charge on any atom is 0.195 e. The first-order valence-electron chi connectivity index (χ1n) is 11.2. The Hall–Kier alpha value is -2.38. The first-order chi connectivity index (χ1) is 17.4. The van der Waals surface area contributed by atoms with E-state index in [4.69, 9.17) is 0 Å². The minimum absolute atomic E-state index is 0.0172. The molecule has 0 fully saturated rings. The van der Waals surface area contributed by atoms with Gasteiger partial charge in [0.2, 0.25) is 0 Å². The van der Waals surface area contributed by atoms with Crippen molar-refractivity contribution in [2.75, 3.05) is 0 Å². The SMILES string of the molecule is O=c1c2ccccc2c2cc3ccc4c(=O)c5c(Br)cc(Br)c(Br)c5c5c(Br)c6ccc1c2c6c3c45. The van der Waals surface area contributed by atoms with Crippen molar-refractivity contribution in [3.05, 3.63) is 99.0 Å². The Kier molecular flexibility index (Phi) is 4.30. The van der Waals surface area contributed by atoms with E-state index in [1.165, 1.54) is 0 Å². The third kappa shape index (κ3) is 2.42. The van der Waals surface area contributed by atoms with Gasteiger partial charge in [-0.1, -0.05) is 36.4 Å². The predicted octanol–water partition coefficient (Wildman–Crippen LogP) is 9.84. The van der Waals surface area contributed by atoms with Crippen LogP contribution in [0.4, 0.5) is 0 Å². The third-order valence-corrected chi connectivity index (χ3v) is 11.0. The van der Waals surface area contributed by atoms with E-state index in [-0.39, 0.29) is 10.9 Å². The van der Waals surface area contributed by atoms with Gasteiger partial charge in [0.15, 0.2) is 10.9 Å². The smallest absolute Gasteiger partial charge is 0.195 e. The molecule has 0 heterocycles. The summed E-state index contributed by atoms with van der Waals surface area (Å²) >= 11 is 15.0. The summed E-state index contributed by atoms with van der Waals surface area (Å²) in [6.45, 7) is 0. The number of hydrogen-bond acceptors (Lipinski definition) is 2. The van der Waals surface area contributed by atoms with Gasteiger partial charge >= 0.3 is 0 Å². The van der Waals surface area contributed by atoms with Crippen LogP contribution in [0, 0.1) is 0 Å². The molecule has 2 nitrogen and oxygen atoms in total. The molecule has 0 spiro atoms. The molecule has 8 aromatic rings. The quantitative estimate of drug-likeness (QED) is 0.0888. The topological polar surface area (TPSA) is 34.1 Å². The molecule has 0 saturated heterocycles. The fraction of sp³-hybridized carbons (Fsp3) is 0. The van der Waals surface area contributed by atoms with Crippen LogP contribution in [0.2, 0.25) is 0 Å². The van der Waals surface area contributed by atoms with E-state index in [1.54, 1.807) is 0 Å². The summed E-state index contributed by atoms with van der Waals surface area (Å²) in [5, 5.41) is 12.6. The Morgan fingerprint density at radius 1 is 0.417 bits per heavy atom. The van der Waals surface area contributed by atoms with Gasteiger partial charge in [-0.2, -0.15) is 0 Å². The molecule has 36 heavy (non-hydrogen) atoms. The fourth-order valence-corrected chi connectivity index (χ4v) is 8.72. The number of hydrogen-bond donors (Lipinski definition) is 0. The Morgan fingerprint density at radius 2 is 1.06 bits per heavy atom. The summed E-state index contributed by atoms with van der Waals surface area (Å²) in [6.07, 6.45) is 0. The molecule has 0 aliphatic carbocycles. The molecule has 0 atom stereocenters. The van der Waals surface area contributed by atoms with Gasteiger partial charge in [-0.15, -0.1) is 0 Å². The largest absolute Gasteiger partial charge is 0.289 e. The highest BCUT2D eigenvalue weighted by Gasteiger charge is 2.25. The van der Waals surface area contributed by atoms with Gasteiger partial charge in [0.1, 0.15) is 0 Å². The van der Waals surface area contributed by atoms with Crippen LogP contribution in [-0.2, 0) is 0 Å². The van der Waals surface area contributed by atoms with Crippen molar-refractivity contribution in [2.45, 2.75) is 0 Å². The van der Waals surface area contributed by atoms with Crippen LogP contribution in [0.1, 0.15) is 0 Å². The van der Waals surface area contributed by atoms with E-state index in [0.717, 1.165) is 77.1 Å². The zero-order valence-corrected chi connectivity index (χ0v) is 24.4. The van der Waals surface area contributed by atoms with E-state index in [0.29, 0.717) is 16.2 Å². The normalized spacial score (nSPS) is 12.7. The Balaban J connectivity index is 1.83. The van der Waals surface area contributed by atoms with Crippen LogP contribution >= 0.6 is 63.7 Å². The summed E-state index contributed by atoms with van der Waals surface area (Å²) in [4.78, 5) is 27.5.